The molecule has 2 N–H and O–H groups in total. The Kier molecular flexibility index (Phi) is 2.11. The van der Waals surface area contributed by atoms with Crippen LogP contribution in [0.5, 0.6) is 0 Å². The summed E-state index contributed by atoms with van der Waals surface area (Å²) in [5.74, 6) is 1.17. The van der Waals surface area contributed by atoms with Gasteiger partial charge in [0.2, 0.25) is 0 Å². The quantitative estimate of drug-likeness (QED) is 0.662. The fraction of sp³-hybridized carbons (Fsp3) is 0.400. The Bertz CT molecular complexity index is 296. The Hall–Kier alpha value is -0.470. The first-order chi connectivity index (χ1) is 5.79. The van der Waals surface area contributed by atoms with Gasteiger partial charge in [-0.1, -0.05) is 18.2 Å². The number of hydrogen-bond donors (Lipinski definition) is 1. The van der Waals surface area contributed by atoms with Crippen molar-refractivity contribution in [3.05, 3.63) is 29.3 Å². The predicted octanol–water partition coefficient (Wildman–Crippen LogP) is 2.49. The molecule has 0 bridgehead atoms. The maximum Gasteiger partial charge on any atom is 0.0314 e. The van der Waals surface area contributed by atoms with Gasteiger partial charge in [0.05, 0.1) is 0 Å². The minimum Gasteiger partial charge on any atom is -0.324 e. The van der Waals surface area contributed by atoms with E-state index in [0.717, 1.165) is 6.42 Å². The predicted molar refractivity (Wildman–Crippen MR) is 53.4 cm³/mol. The van der Waals surface area contributed by atoms with Crippen molar-refractivity contribution in [3.63, 3.8) is 0 Å². The minimum absolute atomic E-state index is 0.265. The van der Waals surface area contributed by atoms with Crippen LogP contribution in [0.4, 0.5) is 0 Å². The van der Waals surface area contributed by atoms with E-state index in [1.54, 1.807) is 0 Å². The molecule has 1 heterocycles. The molecule has 1 aliphatic heterocycles. The van der Waals surface area contributed by atoms with E-state index in [1.165, 1.54) is 21.8 Å². The first-order valence-electron chi connectivity index (χ1n) is 4.27. The largest absolute Gasteiger partial charge is 0.324 e. The van der Waals surface area contributed by atoms with Gasteiger partial charge >= 0.3 is 0 Å². The summed E-state index contributed by atoms with van der Waals surface area (Å²) in [7, 11) is 0. The van der Waals surface area contributed by atoms with Crippen LogP contribution in [0, 0.1) is 6.92 Å². The summed E-state index contributed by atoms with van der Waals surface area (Å²) < 4.78 is 0. The van der Waals surface area contributed by atoms with E-state index in [1.807, 2.05) is 11.8 Å². The fourth-order valence-electron chi connectivity index (χ4n) is 1.61. The molecular weight excluding hydrogens is 166 g/mol. The zero-order valence-electron chi connectivity index (χ0n) is 7.21. The van der Waals surface area contributed by atoms with Crippen molar-refractivity contribution in [2.24, 2.45) is 5.73 Å². The van der Waals surface area contributed by atoms with E-state index < -0.39 is 0 Å². The molecule has 1 aliphatic rings. The van der Waals surface area contributed by atoms with E-state index in [2.05, 4.69) is 25.1 Å². The smallest absolute Gasteiger partial charge is 0.0314 e. The first kappa shape index (κ1) is 8.14. The Morgan fingerprint density at radius 1 is 1.50 bits per heavy atom. The van der Waals surface area contributed by atoms with Gasteiger partial charge in [-0.25, -0.2) is 0 Å². The minimum atomic E-state index is 0.265. The van der Waals surface area contributed by atoms with Gasteiger partial charge in [0.1, 0.15) is 0 Å². The van der Waals surface area contributed by atoms with Gasteiger partial charge in [0, 0.05) is 10.9 Å². The molecule has 1 atom stereocenters. The Balaban J connectivity index is 2.52. The first-order valence-corrected chi connectivity index (χ1v) is 5.25. The zero-order chi connectivity index (χ0) is 8.55. The topological polar surface area (TPSA) is 26.0 Å². The van der Waals surface area contributed by atoms with Crippen LogP contribution >= 0.6 is 11.8 Å². The second-order valence-electron chi connectivity index (χ2n) is 3.24. The van der Waals surface area contributed by atoms with Gasteiger partial charge in [-0.15, -0.1) is 11.8 Å². The molecule has 0 aromatic heterocycles. The van der Waals surface area contributed by atoms with Crippen molar-refractivity contribution in [1.29, 1.82) is 0 Å². The van der Waals surface area contributed by atoms with Crippen molar-refractivity contribution in [2.45, 2.75) is 24.3 Å². The molecule has 12 heavy (non-hydrogen) atoms. The third-order valence-corrected chi connectivity index (χ3v) is 3.60. The summed E-state index contributed by atoms with van der Waals surface area (Å²) in [6.45, 7) is 2.16. The lowest BCUT2D eigenvalue weighted by Crippen LogP contribution is -2.16. The van der Waals surface area contributed by atoms with Crippen LogP contribution in [0.3, 0.4) is 0 Å². The van der Waals surface area contributed by atoms with Crippen molar-refractivity contribution >= 4 is 11.8 Å². The number of hydrogen-bond acceptors (Lipinski definition) is 2. The highest BCUT2D eigenvalue weighted by Gasteiger charge is 2.17. The van der Waals surface area contributed by atoms with Crippen LogP contribution in [-0.4, -0.2) is 5.75 Å². The highest BCUT2D eigenvalue weighted by atomic mass is 32.2. The van der Waals surface area contributed by atoms with Crippen LogP contribution in [0.25, 0.3) is 0 Å². The molecule has 1 aromatic rings. The Labute approximate surface area is 77.3 Å². The zero-order valence-corrected chi connectivity index (χ0v) is 8.03. The standard InChI is InChI=1S/C10H13NS/c1-7-3-2-4-8-9(11)5-6-12-10(7)8/h2-4,9H,5-6,11H2,1H3. The Morgan fingerprint density at radius 2 is 2.33 bits per heavy atom. The summed E-state index contributed by atoms with van der Waals surface area (Å²) in [6.07, 6.45) is 1.11. The third-order valence-electron chi connectivity index (χ3n) is 2.32. The highest BCUT2D eigenvalue weighted by molar-refractivity contribution is 7.99. The molecule has 1 aromatic carbocycles. The van der Waals surface area contributed by atoms with Crippen LogP contribution in [0.15, 0.2) is 23.1 Å². The van der Waals surface area contributed by atoms with Crippen LogP contribution in [-0.2, 0) is 0 Å². The number of nitrogens with two attached hydrogens (primary N) is 1. The molecule has 0 fully saturated rings. The van der Waals surface area contributed by atoms with Crippen LogP contribution in [0.1, 0.15) is 23.6 Å². The van der Waals surface area contributed by atoms with Gasteiger partial charge in [-0.05, 0) is 30.2 Å². The summed E-state index contributed by atoms with van der Waals surface area (Å²) in [5.41, 5.74) is 8.71. The lowest BCUT2D eigenvalue weighted by Gasteiger charge is -2.22. The average Bonchev–Trinajstić information content (AvgIpc) is 2.07. The van der Waals surface area contributed by atoms with Crippen molar-refractivity contribution in [1.82, 2.24) is 0 Å². The van der Waals surface area contributed by atoms with E-state index in [-0.39, 0.29) is 6.04 Å². The molecule has 0 saturated carbocycles. The van der Waals surface area contributed by atoms with Gasteiger partial charge in [-0.3, -0.25) is 0 Å². The molecule has 0 spiro atoms. The van der Waals surface area contributed by atoms with E-state index >= 15 is 0 Å². The van der Waals surface area contributed by atoms with Crippen molar-refractivity contribution in [2.75, 3.05) is 5.75 Å². The van der Waals surface area contributed by atoms with Crippen molar-refractivity contribution in [3.8, 4) is 0 Å². The second-order valence-corrected chi connectivity index (χ2v) is 4.34. The molecule has 0 aliphatic carbocycles. The lowest BCUT2D eigenvalue weighted by molar-refractivity contribution is 0.678. The van der Waals surface area contributed by atoms with Gasteiger partial charge in [-0.2, -0.15) is 0 Å². The van der Waals surface area contributed by atoms with E-state index in [0.29, 0.717) is 0 Å². The molecular formula is C10H13NS. The monoisotopic (exact) mass is 179 g/mol. The number of thioether (sulfide) groups is 1. The molecule has 1 unspecified atom stereocenters. The molecule has 2 rings (SSSR count). The summed E-state index contributed by atoms with van der Waals surface area (Å²) in [4.78, 5) is 1.41. The number of aryl methyl sites for hydroxylation is 1. The van der Waals surface area contributed by atoms with E-state index in [4.69, 9.17) is 5.73 Å². The summed E-state index contributed by atoms with van der Waals surface area (Å²) in [6, 6.07) is 6.67. The molecule has 0 amide bonds. The number of rotatable bonds is 0. The lowest BCUT2D eigenvalue weighted by atomic mass is 10.0. The second kappa shape index (κ2) is 3.11. The molecule has 1 nitrogen and oxygen atoms in total. The molecule has 0 radical (unpaired) electrons. The maximum atomic E-state index is 6.00. The SMILES string of the molecule is Cc1cccc2c1SCCC2N. The normalized spacial score (nSPS) is 22.0. The average molecular weight is 179 g/mol. The third kappa shape index (κ3) is 1.25. The van der Waals surface area contributed by atoms with Crippen molar-refractivity contribution < 1.29 is 0 Å². The molecule has 64 valence electrons. The maximum absolute atomic E-state index is 6.00. The molecule has 0 saturated heterocycles. The highest BCUT2D eigenvalue weighted by Crippen LogP contribution is 2.36. The number of benzene rings is 1. The van der Waals surface area contributed by atoms with Crippen LogP contribution < -0.4 is 5.73 Å². The van der Waals surface area contributed by atoms with Crippen LogP contribution in [0.2, 0.25) is 0 Å². The van der Waals surface area contributed by atoms with Gasteiger partial charge in [0.25, 0.3) is 0 Å². The summed E-state index contributed by atoms with van der Waals surface area (Å²) >= 11 is 1.94. The van der Waals surface area contributed by atoms with Gasteiger partial charge in [0.15, 0.2) is 0 Å². The van der Waals surface area contributed by atoms with E-state index in [9.17, 15) is 0 Å². The Morgan fingerprint density at radius 3 is 3.08 bits per heavy atom. The van der Waals surface area contributed by atoms with Gasteiger partial charge < -0.3 is 5.73 Å². The summed E-state index contributed by atoms with van der Waals surface area (Å²) in [5, 5.41) is 0. The number of fused-ring (bicyclic) bond motifs is 1. The molecule has 2 heteroatoms. The fourth-order valence-corrected chi connectivity index (χ4v) is 2.87.